The van der Waals surface area contributed by atoms with Crippen LogP contribution in [0.25, 0.3) is 0 Å². The van der Waals surface area contributed by atoms with Crippen LogP contribution in [0.5, 0.6) is 0 Å². The molecule has 0 aromatic rings. The maximum Gasteiger partial charge on any atom is 0.389 e. The van der Waals surface area contributed by atoms with Gasteiger partial charge in [-0.1, -0.05) is 6.92 Å². The molecule has 6 heteroatoms. The molecule has 0 aliphatic carbocycles. The third-order valence-electron chi connectivity index (χ3n) is 3.06. The van der Waals surface area contributed by atoms with E-state index in [9.17, 15) is 18.0 Å². The second kappa shape index (κ2) is 6.23. The van der Waals surface area contributed by atoms with E-state index in [0.29, 0.717) is 0 Å². The van der Waals surface area contributed by atoms with Gasteiger partial charge in [0, 0.05) is 18.9 Å². The lowest BCUT2D eigenvalue weighted by Crippen LogP contribution is -2.43. The van der Waals surface area contributed by atoms with Crippen LogP contribution in [0.1, 0.15) is 26.2 Å². The fraction of sp³-hybridized carbons (Fsp3) is 0.909. The van der Waals surface area contributed by atoms with Crippen LogP contribution in [0.3, 0.4) is 0 Å². The molecule has 2 unspecified atom stereocenters. The standard InChI is InChI=1S/C11H19F3N2O/c1-8-7-15-6-3-9(8)10(17)16-5-2-4-11(12,13)14/h8-9,15H,2-7H2,1H3,(H,16,17). The lowest BCUT2D eigenvalue weighted by molar-refractivity contribution is -0.137. The Hall–Kier alpha value is -0.780. The van der Waals surface area contributed by atoms with Crippen LogP contribution in [-0.2, 0) is 4.79 Å². The van der Waals surface area contributed by atoms with Crippen LogP contribution in [0.15, 0.2) is 0 Å². The van der Waals surface area contributed by atoms with E-state index in [1.54, 1.807) is 0 Å². The molecule has 1 aliphatic heterocycles. The number of carbonyl (C=O) groups excluding carboxylic acids is 1. The van der Waals surface area contributed by atoms with Gasteiger partial charge in [0.25, 0.3) is 0 Å². The first-order chi connectivity index (χ1) is 7.90. The van der Waals surface area contributed by atoms with E-state index in [1.165, 1.54) is 0 Å². The topological polar surface area (TPSA) is 41.1 Å². The SMILES string of the molecule is CC1CNCCC1C(=O)NCCCC(F)(F)F. The first kappa shape index (κ1) is 14.3. The zero-order valence-corrected chi connectivity index (χ0v) is 9.94. The van der Waals surface area contributed by atoms with Crippen LogP contribution in [0.2, 0.25) is 0 Å². The summed E-state index contributed by atoms with van der Waals surface area (Å²) in [5.41, 5.74) is 0. The first-order valence-corrected chi connectivity index (χ1v) is 5.95. The van der Waals surface area contributed by atoms with Crippen LogP contribution in [0.4, 0.5) is 13.2 Å². The van der Waals surface area contributed by atoms with E-state index in [4.69, 9.17) is 0 Å². The van der Waals surface area contributed by atoms with Gasteiger partial charge in [-0.3, -0.25) is 4.79 Å². The van der Waals surface area contributed by atoms with Gasteiger partial charge in [-0.25, -0.2) is 0 Å². The largest absolute Gasteiger partial charge is 0.389 e. The first-order valence-electron chi connectivity index (χ1n) is 5.95. The molecule has 17 heavy (non-hydrogen) atoms. The van der Waals surface area contributed by atoms with Gasteiger partial charge in [-0.05, 0) is 31.8 Å². The maximum atomic E-state index is 11.9. The molecule has 1 saturated heterocycles. The summed E-state index contributed by atoms with van der Waals surface area (Å²) in [5.74, 6) is 0.0645. The molecule has 0 aromatic heterocycles. The summed E-state index contributed by atoms with van der Waals surface area (Å²) in [5, 5.41) is 5.77. The molecular formula is C11H19F3N2O. The summed E-state index contributed by atoms with van der Waals surface area (Å²) in [7, 11) is 0. The van der Waals surface area contributed by atoms with Crippen molar-refractivity contribution in [2.24, 2.45) is 11.8 Å². The molecule has 2 atom stereocenters. The van der Waals surface area contributed by atoms with Crippen LogP contribution < -0.4 is 10.6 Å². The highest BCUT2D eigenvalue weighted by Gasteiger charge is 2.28. The van der Waals surface area contributed by atoms with Crippen molar-refractivity contribution in [3.8, 4) is 0 Å². The molecule has 1 aliphatic rings. The van der Waals surface area contributed by atoms with Crippen molar-refractivity contribution >= 4 is 5.91 Å². The summed E-state index contributed by atoms with van der Waals surface area (Å²) >= 11 is 0. The molecule has 0 aromatic carbocycles. The average molecular weight is 252 g/mol. The smallest absolute Gasteiger partial charge is 0.356 e. The zero-order chi connectivity index (χ0) is 12.9. The summed E-state index contributed by atoms with van der Waals surface area (Å²) in [6.07, 6.45) is -4.26. The van der Waals surface area contributed by atoms with Crippen molar-refractivity contribution in [3.63, 3.8) is 0 Å². The van der Waals surface area contributed by atoms with Crippen LogP contribution in [-0.4, -0.2) is 31.7 Å². The molecule has 0 radical (unpaired) electrons. The number of amides is 1. The Labute approximate surface area is 99.1 Å². The number of nitrogens with one attached hydrogen (secondary N) is 2. The van der Waals surface area contributed by atoms with Gasteiger partial charge in [0.15, 0.2) is 0 Å². The third-order valence-corrected chi connectivity index (χ3v) is 3.06. The minimum absolute atomic E-state index is 0.0470. The Kier molecular flexibility index (Phi) is 5.24. The average Bonchev–Trinajstić information content (AvgIpc) is 2.23. The van der Waals surface area contributed by atoms with Crippen molar-refractivity contribution < 1.29 is 18.0 Å². The lowest BCUT2D eigenvalue weighted by Gasteiger charge is -2.28. The highest BCUT2D eigenvalue weighted by Crippen LogP contribution is 2.21. The quantitative estimate of drug-likeness (QED) is 0.748. The number of rotatable bonds is 4. The van der Waals surface area contributed by atoms with Crippen molar-refractivity contribution in [1.29, 1.82) is 0 Å². The third kappa shape index (κ3) is 5.39. The second-order valence-electron chi connectivity index (χ2n) is 4.59. The van der Waals surface area contributed by atoms with Crippen molar-refractivity contribution in [1.82, 2.24) is 10.6 Å². The van der Waals surface area contributed by atoms with Crippen LogP contribution >= 0.6 is 0 Å². The Morgan fingerprint density at radius 2 is 2.18 bits per heavy atom. The summed E-state index contributed by atoms with van der Waals surface area (Å²) in [6, 6.07) is 0. The number of alkyl halides is 3. The fourth-order valence-corrected chi connectivity index (χ4v) is 2.04. The Morgan fingerprint density at radius 1 is 1.47 bits per heavy atom. The molecule has 0 bridgehead atoms. The number of piperidine rings is 1. The van der Waals surface area contributed by atoms with Gasteiger partial charge < -0.3 is 10.6 Å². The van der Waals surface area contributed by atoms with Crippen molar-refractivity contribution in [3.05, 3.63) is 0 Å². The summed E-state index contributed by atoms with van der Waals surface area (Å²) < 4.78 is 35.6. The Bertz CT molecular complexity index is 256. The molecular weight excluding hydrogens is 233 g/mol. The summed E-state index contributed by atoms with van der Waals surface area (Å²) in [4.78, 5) is 11.7. The van der Waals surface area contributed by atoms with E-state index in [1.807, 2.05) is 6.92 Å². The van der Waals surface area contributed by atoms with E-state index in [0.717, 1.165) is 19.5 Å². The van der Waals surface area contributed by atoms with Gasteiger partial charge in [0.05, 0.1) is 0 Å². The number of hydrogen-bond donors (Lipinski definition) is 2. The summed E-state index contributed by atoms with van der Waals surface area (Å²) in [6.45, 7) is 3.67. The molecule has 0 saturated carbocycles. The van der Waals surface area contributed by atoms with E-state index in [2.05, 4.69) is 10.6 Å². The number of halogens is 3. The zero-order valence-electron chi connectivity index (χ0n) is 9.94. The second-order valence-corrected chi connectivity index (χ2v) is 4.59. The predicted molar refractivity (Wildman–Crippen MR) is 58.4 cm³/mol. The maximum absolute atomic E-state index is 11.9. The van der Waals surface area contributed by atoms with Gasteiger partial charge in [0.2, 0.25) is 5.91 Å². The highest BCUT2D eigenvalue weighted by molar-refractivity contribution is 5.79. The molecule has 1 amide bonds. The van der Waals surface area contributed by atoms with Crippen molar-refractivity contribution in [2.45, 2.75) is 32.4 Å². The van der Waals surface area contributed by atoms with E-state index in [-0.39, 0.29) is 30.7 Å². The van der Waals surface area contributed by atoms with Gasteiger partial charge in [-0.2, -0.15) is 13.2 Å². The molecule has 0 spiro atoms. The minimum Gasteiger partial charge on any atom is -0.356 e. The lowest BCUT2D eigenvalue weighted by atomic mass is 9.87. The fourth-order valence-electron chi connectivity index (χ4n) is 2.04. The minimum atomic E-state index is -4.13. The molecule has 2 N–H and O–H groups in total. The Morgan fingerprint density at radius 3 is 2.76 bits per heavy atom. The molecule has 3 nitrogen and oxygen atoms in total. The Balaban J connectivity index is 2.20. The van der Waals surface area contributed by atoms with Gasteiger partial charge in [0.1, 0.15) is 0 Å². The number of hydrogen-bond acceptors (Lipinski definition) is 2. The highest BCUT2D eigenvalue weighted by atomic mass is 19.4. The van der Waals surface area contributed by atoms with E-state index < -0.39 is 12.6 Å². The molecule has 1 heterocycles. The van der Waals surface area contributed by atoms with Crippen molar-refractivity contribution in [2.75, 3.05) is 19.6 Å². The van der Waals surface area contributed by atoms with Gasteiger partial charge in [-0.15, -0.1) is 0 Å². The molecule has 1 fully saturated rings. The normalized spacial score (nSPS) is 25.6. The number of carbonyl (C=O) groups is 1. The molecule has 100 valence electrons. The van der Waals surface area contributed by atoms with Gasteiger partial charge >= 0.3 is 6.18 Å². The predicted octanol–water partition coefficient (Wildman–Crippen LogP) is 1.69. The monoisotopic (exact) mass is 252 g/mol. The van der Waals surface area contributed by atoms with E-state index >= 15 is 0 Å². The molecule has 1 rings (SSSR count). The van der Waals surface area contributed by atoms with Crippen LogP contribution in [0, 0.1) is 11.8 Å².